The van der Waals surface area contributed by atoms with Crippen LogP contribution in [-0.4, -0.2) is 70.1 Å². The van der Waals surface area contributed by atoms with E-state index in [9.17, 15) is 9.59 Å². The Hall–Kier alpha value is -3.67. The Labute approximate surface area is 252 Å². The van der Waals surface area contributed by atoms with E-state index in [0.29, 0.717) is 58.7 Å². The van der Waals surface area contributed by atoms with E-state index in [1.54, 1.807) is 25.2 Å². The summed E-state index contributed by atoms with van der Waals surface area (Å²) >= 11 is 6.53. The molecule has 1 aromatic carbocycles. The number of carbonyl (C=O) groups is 1. The van der Waals surface area contributed by atoms with E-state index in [1.165, 1.54) is 10.8 Å². The summed E-state index contributed by atoms with van der Waals surface area (Å²) in [5.41, 5.74) is 0.956. The number of rotatable bonds is 5. The lowest BCUT2D eigenvalue weighted by atomic mass is 9.89. The maximum atomic E-state index is 15.0. The first-order valence-electron chi connectivity index (χ1n) is 14.9. The molecular formula is C30H34ClF2N7O3. The van der Waals surface area contributed by atoms with Crippen LogP contribution in [0.3, 0.4) is 0 Å². The molecule has 4 aliphatic rings. The molecule has 5 heterocycles. The van der Waals surface area contributed by atoms with Crippen LogP contribution < -0.4 is 25.8 Å². The van der Waals surface area contributed by atoms with Gasteiger partial charge in [0.2, 0.25) is 17.6 Å². The second-order valence-corrected chi connectivity index (χ2v) is 12.8. The van der Waals surface area contributed by atoms with E-state index in [0.717, 1.165) is 32.5 Å². The predicted octanol–water partition coefficient (Wildman–Crippen LogP) is 4.64. The number of likely N-dealkylation sites (tertiary alicyclic amines) is 1. The van der Waals surface area contributed by atoms with E-state index in [1.807, 2.05) is 9.80 Å². The number of aromatic nitrogens is 3. The van der Waals surface area contributed by atoms with Crippen LogP contribution in [0, 0.1) is 17.8 Å². The molecule has 2 saturated heterocycles. The Balaban J connectivity index is 1.20. The second-order valence-electron chi connectivity index (χ2n) is 12.4. The normalized spacial score (nSPS) is 24.8. The van der Waals surface area contributed by atoms with Crippen LogP contribution in [-0.2, 0) is 11.8 Å². The zero-order chi connectivity index (χ0) is 30.0. The lowest BCUT2D eigenvalue weighted by Gasteiger charge is -2.40. The highest BCUT2D eigenvalue weighted by Gasteiger charge is 2.51. The lowest BCUT2D eigenvalue weighted by Crippen LogP contribution is -2.51. The standard InChI is InChI=1S/C30H34ClF2N7O3/c1-16-10-18(27(41)39-8-3-9-39)14-40(13-16)29-34-12-21(31)26(37-29)35-19-6-7-22-20(11-19)23-24(28(42)38(22)2)43-15-30(32,33)25(36-23)17-4-5-17/h6-7,11-12,16-18,25,36H,3-5,8-10,13-15H2,1-2H3,(H,34,35,37)/t16?,18?,25-/m0/s1. The summed E-state index contributed by atoms with van der Waals surface area (Å²) in [7, 11) is 1.59. The van der Waals surface area contributed by atoms with Crippen LogP contribution >= 0.6 is 11.6 Å². The summed E-state index contributed by atoms with van der Waals surface area (Å²) in [4.78, 5) is 39.3. The van der Waals surface area contributed by atoms with Crippen molar-refractivity contribution >= 4 is 51.6 Å². The van der Waals surface area contributed by atoms with Crippen molar-refractivity contribution in [3.05, 3.63) is 39.8 Å². The summed E-state index contributed by atoms with van der Waals surface area (Å²) in [5, 5.41) is 7.13. The van der Waals surface area contributed by atoms with E-state index < -0.39 is 24.1 Å². The molecule has 43 heavy (non-hydrogen) atoms. The summed E-state index contributed by atoms with van der Waals surface area (Å²) < 4.78 is 36.9. The zero-order valence-corrected chi connectivity index (χ0v) is 24.8. The van der Waals surface area contributed by atoms with Gasteiger partial charge in [0.1, 0.15) is 5.02 Å². The minimum Gasteiger partial charge on any atom is -0.480 e. The molecule has 1 aliphatic carbocycles. The smallest absolute Gasteiger partial charge is 0.301 e. The lowest BCUT2D eigenvalue weighted by molar-refractivity contribution is -0.139. The summed E-state index contributed by atoms with van der Waals surface area (Å²) in [6.45, 7) is 4.18. The van der Waals surface area contributed by atoms with Crippen LogP contribution in [0.1, 0.15) is 32.6 Å². The Kier molecular flexibility index (Phi) is 6.87. The average molecular weight is 614 g/mol. The van der Waals surface area contributed by atoms with Gasteiger partial charge in [-0.15, -0.1) is 0 Å². The van der Waals surface area contributed by atoms with Crippen molar-refractivity contribution < 1.29 is 18.3 Å². The minimum atomic E-state index is -3.12. The summed E-state index contributed by atoms with van der Waals surface area (Å²) in [6, 6.07) is 4.19. The van der Waals surface area contributed by atoms with Crippen LogP contribution in [0.5, 0.6) is 5.75 Å². The molecule has 228 valence electrons. The van der Waals surface area contributed by atoms with Gasteiger partial charge in [0, 0.05) is 44.3 Å². The Morgan fingerprint density at radius 3 is 2.74 bits per heavy atom. The number of alkyl halides is 2. The van der Waals surface area contributed by atoms with Crippen molar-refractivity contribution in [1.29, 1.82) is 0 Å². The van der Waals surface area contributed by atoms with Crippen LogP contribution in [0.2, 0.25) is 5.02 Å². The topological polar surface area (TPSA) is 105 Å². The number of nitrogens with zero attached hydrogens (tertiary/aromatic N) is 5. The molecule has 0 bridgehead atoms. The molecule has 10 nitrogen and oxygen atoms in total. The molecule has 1 saturated carbocycles. The number of hydrogen-bond acceptors (Lipinski definition) is 8. The van der Waals surface area contributed by atoms with Crippen LogP contribution in [0.25, 0.3) is 10.9 Å². The molecule has 2 N–H and O–H groups in total. The quantitative estimate of drug-likeness (QED) is 0.429. The van der Waals surface area contributed by atoms with Crippen molar-refractivity contribution in [1.82, 2.24) is 19.4 Å². The monoisotopic (exact) mass is 613 g/mol. The average Bonchev–Trinajstić information content (AvgIpc) is 3.79. The van der Waals surface area contributed by atoms with Gasteiger partial charge in [0.15, 0.2) is 12.4 Å². The summed E-state index contributed by atoms with van der Waals surface area (Å²) in [6.07, 6.45) is 4.83. The minimum absolute atomic E-state index is 0.108. The van der Waals surface area contributed by atoms with E-state index in [4.69, 9.17) is 21.3 Å². The number of halogens is 3. The zero-order valence-electron chi connectivity index (χ0n) is 24.1. The number of carbonyl (C=O) groups excluding carboxylic acids is 1. The SMILES string of the molecule is CC1CC(C(=O)N2CCC2)CN(c2ncc(Cl)c(Nc3ccc4c(c3)c3c(c(=O)n4C)OCC(F)(F)[C@H](C4CC4)N3)n2)C1. The number of fused-ring (bicyclic) bond motifs is 3. The Bertz CT molecular complexity index is 1660. The van der Waals surface area contributed by atoms with Crippen LogP contribution in [0.4, 0.5) is 31.9 Å². The third-order valence-corrected chi connectivity index (χ3v) is 9.34. The molecule has 13 heteroatoms. The highest BCUT2D eigenvalue weighted by Crippen LogP contribution is 2.45. The van der Waals surface area contributed by atoms with Gasteiger partial charge >= 0.3 is 5.92 Å². The molecule has 3 fully saturated rings. The molecule has 3 aliphatic heterocycles. The maximum absolute atomic E-state index is 15.0. The molecule has 7 rings (SSSR count). The number of hydrogen-bond donors (Lipinski definition) is 2. The number of benzene rings is 1. The van der Waals surface area contributed by atoms with E-state index >= 15 is 8.78 Å². The third-order valence-electron chi connectivity index (χ3n) is 9.06. The molecule has 2 unspecified atom stereocenters. The number of ether oxygens (including phenoxy) is 1. The highest BCUT2D eigenvalue weighted by molar-refractivity contribution is 6.33. The number of anilines is 4. The fraction of sp³-hybridized carbons (Fsp3) is 0.533. The van der Waals surface area contributed by atoms with Crippen molar-refractivity contribution in [2.75, 3.05) is 48.3 Å². The predicted molar refractivity (Wildman–Crippen MR) is 161 cm³/mol. The number of piperidine rings is 1. The van der Waals surface area contributed by atoms with Gasteiger partial charge in [-0.1, -0.05) is 18.5 Å². The number of aryl methyl sites for hydroxylation is 1. The molecule has 3 aromatic rings. The van der Waals surface area contributed by atoms with Crippen LogP contribution in [0.15, 0.2) is 29.2 Å². The highest BCUT2D eigenvalue weighted by atomic mass is 35.5. The van der Waals surface area contributed by atoms with Gasteiger partial charge in [-0.05, 0) is 55.7 Å². The first kappa shape index (κ1) is 28.1. The van der Waals surface area contributed by atoms with Gasteiger partial charge in [0.25, 0.3) is 5.56 Å². The first-order valence-corrected chi connectivity index (χ1v) is 15.2. The molecule has 1 amide bonds. The molecular weight excluding hydrogens is 580 g/mol. The van der Waals surface area contributed by atoms with Gasteiger partial charge in [-0.3, -0.25) is 9.59 Å². The van der Waals surface area contributed by atoms with Gasteiger partial charge in [-0.2, -0.15) is 4.98 Å². The Morgan fingerprint density at radius 2 is 2.02 bits per heavy atom. The molecule has 3 atom stereocenters. The van der Waals surface area contributed by atoms with Crippen molar-refractivity contribution in [3.8, 4) is 5.75 Å². The van der Waals surface area contributed by atoms with Gasteiger partial charge in [0.05, 0.1) is 29.4 Å². The number of pyridine rings is 1. The third kappa shape index (κ3) is 5.13. The van der Waals surface area contributed by atoms with E-state index in [-0.39, 0.29) is 29.2 Å². The van der Waals surface area contributed by atoms with Crippen molar-refractivity contribution in [2.45, 2.75) is 44.6 Å². The van der Waals surface area contributed by atoms with Crippen molar-refractivity contribution in [3.63, 3.8) is 0 Å². The maximum Gasteiger partial charge on any atom is 0.301 e. The fourth-order valence-corrected chi connectivity index (χ4v) is 6.65. The first-order chi connectivity index (χ1) is 20.6. The molecule has 0 spiro atoms. The number of nitrogens with one attached hydrogen (secondary N) is 2. The Morgan fingerprint density at radius 1 is 1.23 bits per heavy atom. The molecule has 0 radical (unpaired) electrons. The van der Waals surface area contributed by atoms with E-state index in [2.05, 4.69) is 22.5 Å². The van der Waals surface area contributed by atoms with Gasteiger partial charge in [-0.25, -0.2) is 13.8 Å². The largest absolute Gasteiger partial charge is 0.480 e. The van der Waals surface area contributed by atoms with Gasteiger partial charge < -0.3 is 29.7 Å². The summed E-state index contributed by atoms with van der Waals surface area (Å²) in [5.74, 6) is -2.19. The van der Waals surface area contributed by atoms with Crippen molar-refractivity contribution in [2.24, 2.45) is 24.8 Å². The fourth-order valence-electron chi connectivity index (χ4n) is 6.51. The second kappa shape index (κ2) is 10.5. The number of amides is 1. The molecule has 2 aromatic heterocycles.